The van der Waals surface area contributed by atoms with E-state index in [9.17, 15) is 29.7 Å². The number of aromatic hydroxyl groups is 3. The molecule has 0 unspecified atom stereocenters. The Bertz CT molecular complexity index is 2370. The molecule has 10 nitrogen and oxygen atoms in total. The smallest absolute Gasteiger partial charge is 0.261 e. The molecule has 3 aromatic carbocycles. The highest BCUT2D eigenvalue weighted by molar-refractivity contribution is 7.09. The van der Waals surface area contributed by atoms with Crippen LogP contribution in [0.15, 0.2) is 117 Å². The van der Waals surface area contributed by atoms with E-state index < -0.39 is 0 Å². The van der Waals surface area contributed by atoms with Crippen LogP contribution in [0.3, 0.4) is 0 Å². The average Bonchev–Trinajstić information content (AvgIpc) is 3.53. The topological polar surface area (TPSA) is 150 Å². The van der Waals surface area contributed by atoms with Crippen LogP contribution in [0, 0.1) is 6.92 Å². The standard InChI is InChI=1S/C19H14N2O3S.C15H12N2O3/c22-13-4-1-3-12(9-13)18-20-17-10-14(23)6-7-16(17)19(24)21(18)11-15-5-2-8-25-15;1-9-2-3-10(6-13(9)19)12-8-15(20)17-5-4-11(18)7-14(17)16-12/h1-10,22-23H,11H2;2-8,16,19H,1H3. The van der Waals surface area contributed by atoms with Crippen LogP contribution in [0.4, 0.5) is 0 Å². The second kappa shape index (κ2) is 12.0. The number of aryl methyl sites for hydroxylation is 1. The highest BCUT2D eigenvalue weighted by Crippen LogP contribution is 2.26. The summed E-state index contributed by atoms with van der Waals surface area (Å²) >= 11 is 1.56. The van der Waals surface area contributed by atoms with Gasteiger partial charge < -0.3 is 20.3 Å². The summed E-state index contributed by atoms with van der Waals surface area (Å²) in [5.74, 6) is 0.767. The number of hydrogen-bond acceptors (Lipinski definition) is 8. The molecule has 0 fully saturated rings. The molecule has 0 atom stereocenters. The average molecular weight is 619 g/mol. The van der Waals surface area contributed by atoms with Crippen molar-refractivity contribution >= 4 is 27.9 Å². The molecule has 7 aromatic rings. The van der Waals surface area contributed by atoms with Crippen LogP contribution >= 0.6 is 11.3 Å². The third-order valence-corrected chi connectivity index (χ3v) is 8.01. The van der Waals surface area contributed by atoms with Crippen molar-refractivity contribution in [2.24, 2.45) is 0 Å². The number of nitrogens with one attached hydrogen (secondary N) is 1. The van der Waals surface area contributed by atoms with E-state index in [0.717, 1.165) is 10.4 Å². The van der Waals surface area contributed by atoms with E-state index in [1.165, 1.54) is 40.9 Å². The number of pyridine rings is 1. The van der Waals surface area contributed by atoms with Gasteiger partial charge in [0.25, 0.3) is 11.1 Å². The first kappa shape index (κ1) is 29.1. The number of phenols is 3. The van der Waals surface area contributed by atoms with E-state index >= 15 is 0 Å². The Morgan fingerprint density at radius 1 is 0.822 bits per heavy atom. The zero-order valence-corrected chi connectivity index (χ0v) is 24.7. The van der Waals surface area contributed by atoms with Gasteiger partial charge in [-0.2, -0.15) is 0 Å². The minimum atomic E-state index is -0.242. The molecule has 0 saturated heterocycles. The predicted molar refractivity (Wildman–Crippen MR) is 174 cm³/mol. The van der Waals surface area contributed by atoms with Gasteiger partial charge in [-0.05, 0) is 54.3 Å². The molecular weight excluding hydrogens is 592 g/mol. The van der Waals surface area contributed by atoms with Gasteiger partial charge in [-0.25, -0.2) is 4.98 Å². The van der Waals surface area contributed by atoms with Gasteiger partial charge in [0.05, 0.1) is 23.1 Å². The monoisotopic (exact) mass is 618 g/mol. The summed E-state index contributed by atoms with van der Waals surface area (Å²) in [7, 11) is 0. The molecular formula is C34H26N4O6S. The molecule has 0 aliphatic rings. The molecule has 0 aliphatic heterocycles. The molecule has 11 heteroatoms. The van der Waals surface area contributed by atoms with Crippen molar-refractivity contribution in [2.45, 2.75) is 13.5 Å². The molecule has 0 bridgehead atoms. The number of benzene rings is 3. The fourth-order valence-corrected chi connectivity index (χ4v) is 5.54. The van der Waals surface area contributed by atoms with Gasteiger partial charge in [0.2, 0.25) is 0 Å². The van der Waals surface area contributed by atoms with Crippen molar-refractivity contribution in [3.05, 3.63) is 144 Å². The van der Waals surface area contributed by atoms with Gasteiger partial charge in [-0.3, -0.25) is 23.4 Å². The van der Waals surface area contributed by atoms with E-state index in [1.807, 2.05) is 17.5 Å². The predicted octanol–water partition coefficient (Wildman–Crippen LogP) is 5.25. The maximum Gasteiger partial charge on any atom is 0.261 e. The van der Waals surface area contributed by atoms with Crippen LogP contribution < -0.4 is 16.5 Å². The second-order valence-electron chi connectivity index (χ2n) is 10.3. The zero-order chi connectivity index (χ0) is 31.7. The lowest BCUT2D eigenvalue weighted by molar-refractivity contribution is 0.471. The van der Waals surface area contributed by atoms with Crippen molar-refractivity contribution in [3.63, 3.8) is 0 Å². The number of nitrogens with zero attached hydrogens (tertiary/aromatic N) is 3. The van der Waals surface area contributed by atoms with Gasteiger partial charge in [0, 0.05) is 46.5 Å². The molecule has 0 aliphatic carbocycles. The summed E-state index contributed by atoms with van der Waals surface area (Å²) in [6.07, 6.45) is 1.44. The number of aromatic nitrogens is 4. The highest BCUT2D eigenvalue weighted by Gasteiger charge is 2.15. The quantitative estimate of drug-likeness (QED) is 0.210. The van der Waals surface area contributed by atoms with E-state index in [1.54, 1.807) is 71.4 Å². The molecule has 0 saturated carbocycles. The number of H-pyrrole nitrogens is 1. The summed E-state index contributed by atoms with van der Waals surface area (Å²) in [4.78, 5) is 45.0. The molecule has 4 N–H and O–H groups in total. The van der Waals surface area contributed by atoms with Gasteiger partial charge in [0.15, 0.2) is 5.43 Å². The van der Waals surface area contributed by atoms with Crippen molar-refractivity contribution in [1.82, 2.24) is 18.9 Å². The van der Waals surface area contributed by atoms with Gasteiger partial charge in [-0.15, -0.1) is 11.3 Å². The Labute approximate surface area is 259 Å². The second-order valence-corrected chi connectivity index (χ2v) is 11.3. The third-order valence-electron chi connectivity index (χ3n) is 7.15. The molecule has 0 radical (unpaired) electrons. The van der Waals surface area contributed by atoms with Crippen molar-refractivity contribution in [1.29, 1.82) is 0 Å². The van der Waals surface area contributed by atoms with E-state index in [0.29, 0.717) is 45.7 Å². The number of hydrogen-bond donors (Lipinski definition) is 4. The lowest BCUT2D eigenvalue weighted by Gasteiger charge is -2.13. The van der Waals surface area contributed by atoms with Gasteiger partial charge in [0.1, 0.15) is 28.7 Å². The van der Waals surface area contributed by atoms with Crippen LogP contribution in [0.25, 0.3) is 39.2 Å². The first-order valence-corrected chi connectivity index (χ1v) is 14.7. The van der Waals surface area contributed by atoms with Crippen LogP contribution in [0.1, 0.15) is 10.4 Å². The van der Waals surface area contributed by atoms with Crippen molar-refractivity contribution < 1.29 is 15.3 Å². The maximum atomic E-state index is 13.0. The summed E-state index contributed by atoms with van der Waals surface area (Å²) in [5.41, 5.74) is 2.87. The van der Waals surface area contributed by atoms with Gasteiger partial charge >= 0.3 is 0 Å². The maximum absolute atomic E-state index is 13.0. The minimum Gasteiger partial charge on any atom is -0.508 e. The number of thiophene rings is 1. The Balaban J connectivity index is 0.000000163. The summed E-state index contributed by atoms with van der Waals surface area (Å²) in [6.45, 7) is 2.19. The molecule has 4 heterocycles. The van der Waals surface area contributed by atoms with Crippen LogP contribution in [-0.4, -0.2) is 34.3 Å². The molecule has 0 amide bonds. The Morgan fingerprint density at radius 3 is 2.40 bits per heavy atom. The first-order valence-electron chi connectivity index (χ1n) is 13.8. The van der Waals surface area contributed by atoms with Gasteiger partial charge in [-0.1, -0.05) is 30.3 Å². The summed E-state index contributed by atoms with van der Waals surface area (Å²) in [6, 6.07) is 24.3. The van der Waals surface area contributed by atoms with E-state index in [2.05, 4.69) is 9.97 Å². The Kier molecular flexibility index (Phi) is 7.76. The fourth-order valence-electron chi connectivity index (χ4n) is 4.85. The van der Waals surface area contributed by atoms with Crippen LogP contribution in [0.5, 0.6) is 17.2 Å². The van der Waals surface area contributed by atoms with Crippen molar-refractivity contribution in [3.8, 4) is 39.9 Å². The normalized spacial score (nSPS) is 11.0. The van der Waals surface area contributed by atoms with Crippen LogP contribution in [0.2, 0.25) is 0 Å². The Hall–Kier alpha value is -5.94. The summed E-state index contributed by atoms with van der Waals surface area (Å²) in [5, 5.41) is 31.7. The molecule has 4 aromatic heterocycles. The lowest BCUT2D eigenvalue weighted by atomic mass is 10.1. The summed E-state index contributed by atoms with van der Waals surface area (Å²) < 4.78 is 2.96. The minimum absolute atomic E-state index is 0.0530. The van der Waals surface area contributed by atoms with E-state index in [4.69, 9.17) is 0 Å². The molecule has 7 rings (SSSR count). The fraction of sp³-hybridized carbons (Fsp3) is 0.0588. The Morgan fingerprint density at radius 2 is 1.64 bits per heavy atom. The van der Waals surface area contributed by atoms with Crippen LogP contribution in [-0.2, 0) is 6.54 Å². The molecule has 45 heavy (non-hydrogen) atoms. The zero-order valence-electron chi connectivity index (χ0n) is 23.8. The highest BCUT2D eigenvalue weighted by atomic mass is 32.1. The number of aromatic amines is 1. The molecule has 0 spiro atoms. The van der Waals surface area contributed by atoms with E-state index in [-0.39, 0.29) is 33.8 Å². The first-order chi connectivity index (χ1) is 21.7. The largest absolute Gasteiger partial charge is 0.508 e. The molecule has 224 valence electrons. The number of fused-ring (bicyclic) bond motifs is 2. The third kappa shape index (κ3) is 6.10. The lowest BCUT2D eigenvalue weighted by Crippen LogP contribution is -2.23. The van der Waals surface area contributed by atoms with Crippen molar-refractivity contribution in [2.75, 3.05) is 0 Å². The SMILES string of the molecule is Cc1ccc(-c2cc(=O)n3ccc(=O)cc3[nH]2)cc1O.O=c1c2ccc(O)cc2nc(-c2cccc(O)c2)n1Cc1cccs1. The number of phenolic OH excluding ortho intramolecular Hbond substituents is 3. The number of rotatable bonds is 4.